The first-order valence-corrected chi connectivity index (χ1v) is 12.1. The number of benzene rings is 1. The van der Waals surface area contributed by atoms with Gasteiger partial charge in [0.2, 0.25) is 0 Å². The molecule has 3 aromatic heterocycles. The molecule has 2 N–H and O–H groups in total. The van der Waals surface area contributed by atoms with Crippen molar-refractivity contribution >= 4 is 28.8 Å². The van der Waals surface area contributed by atoms with Crippen molar-refractivity contribution in [3.8, 4) is 17.1 Å². The topological polar surface area (TPSA) is 110 Å². The molecule has 0 fully saturated rings. The van der Waals surface area contributed by atoms with E-state index in [0.717, 1.165) is 24.1 Å². The van der Waals surface area contributed by atoms with E-state index in [0.29, 0.717) is 46.6 Å². The van der Waals surface area contributed by atoms with E-state index in [2.05, 4.69) is 55.7 Å². The molecule has 0 spiro atoms. The van der Waals surface area contributed by atoms with E-state index in [-0.39, 0.29) is 5.78 Å². The van der Waals surface area contributed by atoms with E-state index in [1.54, 1.807) is 30.4 Å². The lowest BCUT2D eigenvalue weighted by Gasteiger charge is -2.17. The number of methoxy groups -OCH3 is 1. The molecule has 10 heteroatoms. The van der Waals surface area contributed by atoms with Crippen LogP contribution in [-0.2, 0) is 13.5 Å². The number of aromatic nitrogens is 5. The summed E-state index contributed by atoms with van der Waals surface area (Å²) in [5.74, 6) is 2.33. The van der Waals surface area contributed by atoms with Gasteiger partial charge in [0.25, 0.3) is 0 Å². The Kier molecular flexibility index (Phi) is 8.09. The third-order valence-electron chi connectivity index (χ3n) is 5.78. The molecule has 37 heavy (non-hydrogen) atoms. The number of nitrogens with one attached hydrogen (secondary N) is 2. The van der Waals surface area contributed by atoms with E-state index < -0.39 is 0 Å². The van der Waals surface area contributed by atoms with Crippen molar-refractivity contribution in [2.75, 3.05) is 38.4 Å². The van der Waals surface area contributed by atoms with Crippen LogP contribution in [0.15, 0.2) is 55.1 Å². The van der Waals surface area contributed by atoms with Crippen molar-refractivity contribution in [3.63, 3.8) is 0 Å². The highest BCUT2D eigenvalue weighted by Gasteiger charge is 2.18. The van der Waals surface area contributed by atoms with Gasteiger partial charge in [-0.25, -0.2) is 15.0 Å². The molecular formula is C27H32N8O2. The third-order valence-corrected chi connectivity index (χ3v) is 5.78. The fourth-order valence-corrected chi connectivity index (χ4v) is 3.81. The molecule has 4 aromatic rings. The maximum atomic E-state index is 12.7. The molecule has 0 radical (unpaired) electrons. The molecule has 0 bridgehead atoms. The van der Waals surface area contributed by atoms with Gasteiger partial charge < -0.3 is 20.3 Å². The Hall–Kier alpha value is -4.31. The summed E-state index contributed by atoms with van der Waals surface area (Å²) in [6.45, 7) is 2.78. The first-order chi connectivity index (χ1) is 17.9. The minimum Gasteiger partial charge on any atom is -0.494 e. The lowest BCUT2D eigenvalue weighted by Crippen LogP contribution is -2.15. The van der Waals surface area contributed by atoms with Crippen LogP contribution in [0.5, 0.6) is 5.75 Å². The molecule has 0 aliphatic heterocycles. The van der Waals surface area contributed by atoms with Gasteiger partial charge in [-0.1, -0.05) is 19.1 Å². The van der Waals surface area contributed by atoms with Gasteiger partial charge in [-0.2, -0.15) is 5.10 Å². The number of hydrogen-bond donors (Lipinski definition) is 2. The van der Waals surface area contributed by atoms with E-state index in [1.807, 2.05) is 44.4 Å². The third kappa shape index (κ3) is 6.28. The summed E-state index contributed by atoms with van der Waals surface area (Å²) in [6.07, 6.45) is 6.36. The normalized spacial score (nSPS) is 11.0. The van der Waals surface area contributed by atoms with Crippen LogP contribution in [0.2, 0.25) is 0 Å². The number of nitrogens with zero attached hydrogens (tertiary/aromatic N) is 6. The number of aryl methyl sites for hydroxylation is 1. The zero-order chi connectivity index (χ0) is 26.4. The molecule has 0 saturated carbocycles. The van der Waals surface area contributed by atoms with Gasteiger partial charge in [0.1, 0.15) is 18.0 Å². The van der Waals surface area contributed by atoms with Crippen LogP contribution >= 0.6 is 0 Å². The first-order valence-electron chi connectivity index (χ1n) is 12.1. The Balaban J connectivity index is 1.63. The van der Waals surface area contributed by atoms with E-state index >= 15 is 0 Å². The van der Waals surface area contributed by atoms with Crippen LogP contribution in [0, 0.1) is 0 Å². The summed E-state index contributed by atoms with van der Waals surface area (Å²) in [7, 11) is 7.51. The zero-order valence-electron chi connectivity index (χ0n) is 21.8. The Labute approximate surface area is 216 Å². The molecule has 0 amide bonds. The van der Waals surface area contributed by atoms with Gasteiger partial charge in [-0.15, -0.1) is 0 Å². The Morgan fingerprint density at radius 1 is 1.03 bits per heavy atom. The van der Waals surface area contributed by atoms with Crippen molar-refractivity contribution in [1.82, 2.24) is 29.6 Å². The first kappa shape index (κ1) is 25.8. The highest BCUT2D eigenvalue weighted by molar-refractivity contribution is 6.02. The van der Waals surface area contributed by atoms with Gasteiger partial charge in [0, 0.05) is 38.5 Å². The lowest BCUT2D eigenvalue weighted by atomic mass is 10.1. The Morgan fingerprint density at radius 2 is 1.84 bits per heavy atom. The summed E-state index contributed by atoms with van der Waals surface area (Å²) in [6, 6.07) is 11.4. The fourth-order valence-electron chi connectivity index (χ4n) is 3.81. The summed E-state index contributed by atoms with van der Waals surface area (Å²) in [5, 5.41) is 11.0. The lowest BCUT2D eigenvalue weighted by molar-refractivity contribution is 0.0988. The molecule has 10 nitrogen and oxygen atoms in total. The SMILES string of the molecule is CCC(=O)c1cnc(Nc2ccc(CCN(C)C)cn2)cc1Nc1cccc(-c2ncn(C)n2)c1OC. The van der Waals surface area contributed by atoms with Crippen LogP contribution in [0.4, 0.5) is 23.0 Å². The molecule has 192 valence electrons. The van der Waals surface area contributed by atoms with E-state index in [4.69, 9.17) is 4.74 Å². The van der Waals surface area contributed by atoms with Gasteiger partial charge in [0.05, 0.1) is 29.6 Å². The number of rotatable bonds is 11. The molecule has 0 aliphatic rings. The maximum absolute atomic E-state index is 12.7. The van der Waals surface area contributed by atoms with E-state index in [1.165, 1.54) is 0 Å². The van der Waals surface area contributed by atoms with Gasteiger partial charge in [0.15, 0.2) is 17.4 Å². The molecule has 0 aliphatic carbocycles. The van der Waals surface area contributed by atoms with Crippen LogP contribution < -0.4 is 15.4 Å². The second-order valence-electron chi connectivity index (χ2n) is 8.88. The number of pyridine rings is 2. The van der Waals surface area contributed by atoms with E-state index in [9.17, 15) is 4.79 Å². The van der Waals surface area contributed by atoms with Gasteiger partial charge >= 0.3 is 0 Å². The average Bonchev–Trinajstić information content (AvgIpc) is 3.34. The van der Waals surface area contributed by atoms with Crippen LogP contribution in [-0.4, -0.2) is 63.2 Å². The molecule has 4 rings (SSSR count). The predicted molar refractivity (Wildman–Crippen MR) is 145 cm³/mol. The molecule has 0 saturated heterocycles. The van der Waals surface area contributed by atoms with Crippen molar-refractivity contribution in [2.45, 2.75) is 19.8 Å². The predicted octanol–water partition coefficient (Wildman–Crippen LogP) is 4.46. The summed E-state index contributed by atoms with van der Waals surface area (Å²) in [5.41, 5.74) is 3.67. The largest absolute Gasteiger partial charge is 0.494 e. The maximum Gasteiger partial charge on any atom is 0.184 e. The van der Waals surface area contributed by atoms with Crippen molar-refractivity contribution < 1.29 is 9.53 Å². The number of Topliss-reactive ketones (excluding diaryl/α,β-unsaturated/α-hetero) is 1. The minimum absolute atomic E-state index is 0.0218. The van der Waals surface area contributed by atoms with Crippen LogP contribution in [0.1, 0.15) is 29.3 Å². The molecule has 0 unspecified atom stereocenters. The molecule has 3 heterocycles. The summed E-state index contributed by atoms with van der Waals surface area (Å²) >= 11 is 0. The monoisotopic (exact) mass is 500 g/mol. The molecule has 0 atom stereocenters. The number of carbonyl (C=O) groups excluding carboxylic acids is 1. The number of para-hydroxylation sites is 1. The minimum atomic E-state index is -0.0218. The molecular weight excluding hydrogens is 468 g/mol. The highest BCUT2D eigenvalue weighted by Crippen LogP contribution is 2.37. The van der Waals surface area contributed by atoms with Gasteiger partial charge in [-0.05, 0) is 44.3 Å². The summed E-state index contributed by atoms with van der Waals surface area (Å²) < 4.78 is 7.37. The number of anilines is 4. The summed E-state index contributed by atoms with van der Waals surface area (Å²) in [4.78, 5) is 28.2. The Morgan fingerprint density at radius 3 is 2.49 bits per heavy atom. The highest BCUT2D eigenvalue weighted by atomic mass is 16.5. The van der Waals surface area contributed by atoms with Crippen molar-refractivity contribution in [2.24, 2.45) is 7.05 Å². The van der Waals surface area contributed by atoms with Crippen LogP contribution in [0.25, 0.3) is 11.4 Å². The van der Waals surface area contributed by atoms with Crippen molar-refractivity contribution in [1.29, 1.82) is 0 Å². The fraction of sp³-hybridized carbons (Fsp3) is 0.296. The van der Waals surface area contributed by atoms with Crippen LogP contribution in [0.3, 0.4) is 0 Å². The average molecular weight is 501 g/mol. The zero-order valence-corrected chi connectivity index (χ0v) is 21.8. The number of carbonyl (C=O) groups is 1. The quantitative estimate of drug-likeness (QED) is 0.288. The smallest absolute Gasteiger partial charge is 0.184 e. The Bertz CT molecular complexity index is 1370. The number of ether oxygens (including phenoxy) is 1. The second kappa shape index (κ2) is 11.6. The van der Waals surface area contributed by atoms with Crippen molar-refractivity contribution in [3.05, 3.63) is 66.2 Å². The molecule has 1 aromatic carbocycles. The van der Waals surface area contributed by atoms with Gasteiger partial charge in [-0.3, -0.25) is 9.48 Å². The standard InChI is InChI=1S/C27H32N8O2/c1-6-23(36)20-16-29-25(32-24-11-10-18(15-28-24)12-13-34(2)3)14-22(20)31-21-9-7-8-19(26(21)37-5)27-30-17-35(4)33-27/h7-11,14-17H,6,12-13H2,1-5H3,(H2,28,29,31,32). The number of ketones is 1. The number of likely N-dealkylation sites (N-methyl/N-ethyl adjacent to an activating group) is 1. The number of hydrogen-bond acceptors (Lipinski definition) is 9. The second-order valence-corrected chi connectivity index (χ2v) is 8.88.